The van der Waals surface area contributed by atoms with Crippen LogP contribution in [0, 0.1) is 0 Å². The number of hydrogen-bond acceptors (Lipinski definition) is 8. The lowest BCUT2D eigenvalue weighted by Crippen LogP contribution is -2.25. The summed E-state index contributed by atoms with van der Waals surface area (Å²) in [6, 6.07) is 5.57. The highest BCUT2D eigenvalue weighted by Gasteiger charge is 2.10. The molecule has 0 aliphatic rings. The minimum Gasteiger partial charge on any atom is -0.506 e. The fourth-order valence-corrected chi connectivity index (χ4v) is 3.95. The molecule has 0 unspecified atom stereocenters. The van der Waals surface area contributed by atoms with Crippen LogP contribution in [-0.2, 0) is 0 Å². The number of rotatable bonds is 12. The van der Waals surface area contributed by atoms with Gasteiger partial charge in [-0.2, -0.15) is 0 Å². The first kappa shape index (κ1) is 22.4. The lowest BCUT2D eigenvalue weighted by Gasteiger charge is -2.25. The van der Waals surface area contributed by atoms with Crippen molar-refractivity contribution in [3.63, 3.8) is 0 Å². The Labute approximate surface area is 175 Å². The van der Waals surface area contributed by atoms with Gasteiger partial charge >= 0.3 is 0 Å². The average molecular weight is 420 g/mol. The highest BCUT2D eigenvalue weighted by Crippen LogP contribution is 2.34. The number of benzene rings is 1. The Balaban J connectivity index is 2.06. The number of azo groups is 1. The van der Waals surface area contributed by atoms with Crippen LogP contribution in [-0.4, -0.2) is 34.1 Å². The molecule has 152 valence electrons. The molecule has 1 aromatic heterocycles. The zero-order valence-electron chi connectivity index (χ0n) is 16.9. The van der Waals surface area contributed by atoms with Crippen molar-refractivity contribution in [2.24, 2.45) is 10.2 Å². The van der Waals surface area contributed by atoms with Crippen molar-refractivity contribution < 1.29 is 5.11 Å². The summed E-state index contributed by atoms with van der Waals surface area (Å²) in [4.78, 5) is 2.32. The summed E-state index contributed by atoms with van der Waals surface area (Å²) in [5.41, 5.74) is 2.54. The van der Waals surface area contributed by atoms with E-state index >= 15 is 0 Å². The Morgan fingerprint density at radius 2 is 1.89 bits per heavy atom. The first-order chi connectivity index (χ1) is 13.5. The summed E-state index contributed by atoms with van der Waals surface area (Å²) in [5, 5.41) is 27.2. The molecular formula is C20H29N5OS2. The molecule has 1 N–H and O–H groups in total. The molecule has 8 heteroatoms. The number of unbranched alkanes of at least 4 members (excludes halogenated alkanes) is 2. The van der Waals surface area contributed by atoms with E-state index < -0.39 is 0 Å². The molecule has 2 aromatic rings. The SMILES string of the molecule is C=C(C)CSc1nnc(N=Nc2ccc(N(CCCC)CCCC)cc2O)s1. The number of phenols is 1. The molecule has 2 rings (SSSR count). The highest BCUT2D eigenvalue weighted by atomic mass is 32.2. The predicted molar refractivity (Wildman–Crippen MR) is 120 cm³/mol. The Kier molecular flexibility index (Phi) is 9.43. The second-order valence-corrected chi connectivity index (χ2v) is 8.84. The fraction of sp³-hybridized carbons (Fsp3) is 0.500. The van der Waals surface area contributed by atoms with Crippen LogP contribution in [0.3, 0.4) is 0 Å². The van der Waals surface area contributed by atoms with Crippen LogP contribution in [0.4, 0.5) is 16.5 Å². The Morgan fingerprint density at radius 1 is 1.18 bits per heavy atom. The molecule has 0 radical (unpaired) electrons. The Hall–Kier alpha value is -1.93. The number of thioether (sulfide) groups is 1. The van der Waals surface area contributed by atoms with Gasteiger partial charge in [0.15, 0.2) is 4.34 Å². The van der Waals surface area contributed by atoms with Crippen molar-refractivity contribution in [2.45, 2.75) is 50.8 Å². The van der Waals surface area contributed by atoms with E-state index in [1.807, 2.05) is 13.0 Å². The summed E-state index contributed by atoms with van der Waals surface area (Å²) in [7, 11) is 0. The van der Waals surface area contributed by atoms with E-state index in [0.29, 0.717) is 10.8 Å². The van der Waals surface area contributed by atoms with Gasteiger partial charge in [-0.15, -0.1) is 20.4 Å². The van der Waals surface area contributed by atoms with Crippen molar-refractivity contribution in [3.05, 3.63) is 30.4 Å². The van der Waals surface area contributed by atoms with E-state index in [2.05, 4.69) is 45.8 Å². The van der Waals surface area contributed by atoms with Crippen LogP contribution in [0.2, 0.25) is 0 Å². The molecule has 1 aromatic carbocycles. The van der Waals surface area contributed by atoms with Gasteiger partial charge in [-0.3, -0.25) is 0 Å². The minimum atomic E-state index is 0.126. The molecule has 0 fully saturated rings. The number of phenolic OH excluding ortho intramolecular Hbond substituents is 1. The summed E-state index contributed by atoms with van der Waals surface area (Å²) in [6.45, 7) is 12.2. The average Bonchev–Trinajstić information content (AvgIpc) is 3.13. The molecule has 0 aliphatic heterocycles. The first-order valence-corrected chi connectivity index (χ1v) is 11.4. The largest absolute Gasteiger partial charge is 0.506 e. The van der Waals surface area contributed by atoms with Crippen LogP contribution < -0.4 is 4.90 Å². The van der Waals surface area contributed by atoms with E-state index in [-0.39, 0.29) is 5.75 Å². The van der Waals surface area contributed by atoms with Gasteiger partial charge in [-0.1, -0.05) is 61.9 Å². The van der Waals surface area contributed by atoms with E-state index in [1.54, 1.807) is 23.9 Å². The molecule has 0 atom stereocenters. The Bertz CT molecular complexity index is 783. The maximum atomic E-state index is 10.4. The van der Waals surface area contributed by atoms with Gasteiger partial charge in [0.05, 0.1) is 0 Å². The summed E-state index contributed by atoms with van der Waals surface area (Å²) >= 11 is 2.96. The zero-order valence-corrected chi connectivity index (χ0v) is 18.5. The highest BCUT2D eigenvalue weighted by molar-refractivity contribution is 8.01. The van der Waals surface area contributed by atoms with Crippen LogP contribution in [0.15, 0.2) is 44.9 Å². The van der Waals surface area contributed by atoms with Crippen molar-refractivity contribution in [2.75, 3.05) is 23.7 Å². The van der Waals surface area contributed by atoms with Gasteiger partial charge in [-0.25, -0.2) is 0 Å². The van der Waals surface area contributed by atoms with E-state index in [0.717, 1.165) is 60.1 Å². The van der Waals surface area contributed by atoms with Crippen LogP contribution in [0.5, 0.6) is 5.75 Å². The van der Waals surface area contributed by atoms with Gasteiger partial charge < -0.3 is 10.0 Å². The fourth-order valence-electron chi connectivity index (χ4n) is 2.44. The second-order valence-electron chi connectivity index (χ2n) is 6.66. The van der Waals surface area contributed by atoms with Gasteiger partial charge in [0.1, 0.15) is 11.4 Å². The maximum absolute atomic E-state index is 10.4. The number of aromatic nitrogens is 2. The van der Waals surface area contributed by atoms with E-state index in [9.17, 15) is 5.11 Å². The monoisotopic (exact) mass is 419 g/mol. The Morgan fingerprint density at radius 3 is 2.50 bits per heavy atom. The van der Waals surface area contributed by atoms with Gasteiger partial charge in [0, 0.05) is 30.6 Å². The van der Waals surface area contributed by atoms with Crippen molar-refractivity contribution in [3.8, 4) is 5.75 Å². The zero-order chi connectivity index (χ0) is 20.4. The smallest absolute Gasteiger partial charge is 0.252 e. The van der Waals surface area contributed by atoms with E-state index in [4.69, 9.17) is 0 Å². The number of anilines is 1. The lowest BCUT2D eigenvalue weighted by molar-refractivity contribution is 0.476. The third kappa shape index (κ3) is 7.24. The maximum Gasteiger partial charge on any atom is 0.252 e. The number of hydrogen-bond donors (Lipinski definition) is 1. The third-order valence-electron chi connectivity index (χ3n) is 3.97. The van der Waals surface area contributed by atoms with Gasteiger partial charge in [-0.05, 0) is 31.9 Å². The summed E-state index contributed by atoms with van der Waals surface area (Å²) in [5.74, 6) is 0.932. The predicted octanol–water partition coefficient (Wildman–Crippen LogP) is 6.73. The molecule has 1 heterocycles. The van der Waals surface area contributed by atoms with Crippen LogP contribution in [0.1, 0.15) is 46.5 Å². The molecular weight excluding hydrogens is 390 g/mol. The quantitative estimate of drug-likeness (QED) is 0.234. The molecule has 6 nitrogen and oxygen atoms in total. The van der Waals surface area contributed by atoms with Gasteiger partial charge in [0.2, 0.25) is 0 Å². The van der Waals surface area contributed by atoms with Crippen LogP contribution in [0.25, 0.3) is 0 Å². The molecule has 0 spiro atoms. The van der Waals surface area contributed by atoms with Gasteiger partial charge in [0.25, 0.3) is 5.13 Å². The molecule has 28 heavy (non-hydrogen) atoms. The molecule has 0 amide bonds. The molecule has 0 aliphatic carbocycles. The second kappa shape index (κ2) is 11.8. The molecule has 0 saturated carbocycles. The summed E-state index contributed by atoms with van der Waals surface area (Å²) < 4.78 is 0.832. The number of aromatic hydroxyl groups is 1. The molecule has 0 bridgehead atoms. The van der Waals surface area contributed by atoms with Crippen molar-refractivity contribution in [1.82, 2.24) is 10.2 Å². The minimum absolute atomic E-state index is 0.126. The van der Waals surface area contributed by atoms with E-state index in [1.165, 1.54) is 11.3 Å². The first-order valence-electron chi connectivity index (χ1n) is 9.63. The summed E-state index contributed by atoms with van der Waals surface area (Å²) in [6.07, 6.45) is 4.56. The number of nitrogens with zero attached hydrogens (tertiary/aromatic N) is 5. The van der Waals surface area contributed by atoms with Crippen molar-refractivity contribution >= 4 is 39.6 Å². The van der Waals surface area contributed by atoms with Crippen molar-refractivity contribution in [1.29, 1.82) is 0 Å². The topological polar surface area (TPSA) is 74.0 Å². The third-order valence-corrected chi connectivity index (χ3v) is 6.14. The normalized spacial score (nSPS) is 11.2. The lowest BCUT2D eigenvalue weighted by atomic mass is 10.2. The molecule has 0 saturated heterocycles. The van der Waals surface area contributed by atoms with Crippen LogP contribution >= 0.6 is 23.1 Å². The standard InChI is InChI=1S/C20H29N5OS2/c1-5-7-11-25(12-8-6-2)16-9-10-17(18(26)13-16)21-22-19-23-24-20(28-19)27-14-15(3)4/h9-10,13,26H,3,5-8,11-12,14H2,1-2,4H3.